The van der Waals surface area contributed by atoms with Gasteiger partial charge < -0.3 is 25.5 Å². The molecule has 0 aliphatic heterocycles. The second-order valence-corrected chi connectivity index (χ2v) is 8.18. The van der Waals surface area contributed by atoms with Crippen molar-refractivity contribution in [2.24, 2.45) is 0 Å². The topological polar surface area (TPSA) is 101 Å². The highest BCUT2D eigenvalue weighted by molar-refractivity contribution is 8.17. The molecule has 5 N–H and O–H groups in total. The van der Waals surface area contributed by atoms with Crippen LogP contribution in [0.15, 0.2) is 70.5 Å². The standard InChI is InChI=1S/C18H22O5S2/c19-11-14(20)15(21)16(22)17(23)18(24-12-7-3-1-4-8-12)25-13-9-5-2-6-10-13/h1-10,14-23H,11H2/t14-,15-,16-,17-/m1/s1. The summed E-state index contributed by atoms with van der Waals surface area (Å²) in [6.45, 7) is -0.701. The normalized spacial score (nSPS) is 16.4. The zero-order valence-electron chi connectivity index (χ0n) is 13.4. The van der Waals surface area contributed by atoms with E-state index in [-0.39, 0.29) is 0 Å². The van der Waals surface area contributed by atoms with Crippen molar-refractivity contribution in [3.63, 3.8) is 0 Å². The first-order chi connectivity index (χ1) is 12.0. The molecular weight excluding hydrogens is 360 g/mol. The van der Waals surface area contributed by atoms with Crippen molar-refractivity contribution >= 4 is 23.5 Å². The summed E-state index contributed by atoms with van der Waals surface area (Å²) in [5, 5.41) is 49.1. The molecule has 0 aliphatic carbocycles. The average Bonchev–Trinajstić information content (AvgIpc) is 2.66. The summed E-state index contributed by atoms with van der Waals surface area (Å²) in [7, 11) is 0. The first kappa shape index (κ1) is 20.3. The van der Waals surface area contributed by atoms with Crippen LogP contribution in [-0.4, -0.2) is 61.1 Å². The Hall–Kier alpha value is -1.06. The summed E-state index contributed by atoms with van der Waals surface area (Å²) in [6.07, 6.45) is -6.09. The summed E-state index contributed by atoms with van der Waals surface area (Å²) in [4.78, 5) is 1.80. The van der Waals surface area contributed by atoms with Crippen molar-refractivity contribution in [1.82, 2.24) is 0 Å². The lowest BCUT2D eigenvalue weighted by molar-refractivity contribution is -0.111. The minimum Gasteiger partial charge on any atom is -0.394 e. The third-order valence-corrected chi connectivity index (χ3v) is 6.24. The number of hydrogen-bond donors (Lipinski definition) is 5. The zero-order chi connectivity index (χ0) is 18.2. The first-order valence-corrected chi connectivity index (χ1v) is 9.55. The van der Waals surface area contributed by atoms with Gasteiger partial charge in [0.05, 0.1) is 11.2 Å². The predicted molar refractivity (Wildman–Crippen MR) is 99.5 cm³/mol. The third kappa shape index (κ3) is 6.00. The van der Waals surface area contributed by atoms with Crippen molar-refractivity contribution in [1.29, 1.82) is 0 Å². The fourth-order valence-electron chi connectivity index (χ4n) is 2.13. The predicted octanol–water partition coefficient (Wildman–Crippen LogP) is 1.33. The molecule has 0 saturated carbocycles. The van der Waals surface area contributed by atoms with Gasteiger partial charge in [-0.15, -0.1) is 23.5 Å². The van der Waals surface area contributed by atoms with E-state index in [1.807, 2.05) is 60.7 Å². The molecule has 0 aliphatic rings. The molecule has 0 fully saturated rings. The molecule has 2 rings (SSSR count). The third-order valence-electron chi connectivity index (χ3n) is 3.55. The first-order valence-electron chi connectivity index (χ1n) is 7.79. The molecule has 25 heavy (non-hydrogen) atoms. The summed E-state index contributed by atoms with van der Waals surface area (Å²) in [5.74, 6) is 0. The van der Waals surface area contributed by atoms with E-state index >= 15 is 0 Å². The molecule has 0 bridgehead atoms. The van der Waals surface area contributed by atoms with Gasteiger partial charge in [0.25, 0.3) is 0 Å². The zero-order valence-corrected chi connectivity index (χ0v) is 15.1. The highest BCUT2D eigenvalue weighted by Crippen LogP contribution is 2.38. The van der Waals surface area contributed by atoms with E-state index < -0.39 is 35.6 Å². The van der Waals surface area contributed by atoms with Crippen molar-refractivity contribution < 1.29 is 25.5 Å². The van der Waals surface area contributed by atoms with E-state index in [1.165, 1.54) is 23.5 Å². The van der Waals surface area contributed by atoms with E-state index in [0.717, 1.165) is 9.79 Å². The molecule has 0 heterocycles. The van der Waals surface area contributed by atoms with Crippen LogP contribution < -0.4 is 0 Å². The Bertz CT molecular complexity index is 572. The lowest BCUT2D eigenvalue weighted by Crippen LogP contribution is -2.48. The Morgan fingerprint density at radius 2 is 1.08 bits per heavy atom. The highest BCUT2D eigenvalue weighted by atomic mass is 32.2. The molecule has 0 spiro atoms. The van der Waals surface area contributed by atoms with Gasteiger partial charge in [-0.3, -0.25) is 0 Å². The van der Waals surface area contributed by atoms with Gasteiger partial charge in [0.1, 0.15) is 24.4 Å². The summed E-state index contributed by atoms with van der Waals surface area (Å²) >= 11 is 2.71. The summed E-state index contributed by atoms with van der Waals surface area (Å²) in [5.41, 5.74) is 0. The van der Waals surface area contributed by atoms with Crippen molar-refractivity contribution in [2.45, 2.75) is 38.8 Å². The maximum absolute atomic E-state index is 10.6. The molecule has 2 aromatic rings. The van der Waals surface area contributed by atoms with E-state index in [0.29, 0.717) is 0 Å². The van der Waals surface area contributed by atoms with Gasteiger partial charge in [-0.25, -0.2) is 0 Å². The molecule has 2 aromatic carbocycles. The van der Waals surface area contributed by atoms with E-state index in [1.54, 1.807) is 0 Å². The number of benzene rings is 2. The maximum atomic E-state index is 10.6. The Labute approximate surface area is 155 Å². The second kappa shape index (κ2) is 10.2. The summed E-state index contributed by atoms with van der Waals surface area (Å²) in [6, 6.07) is 18.8. The molecule has 0 aromatic heterocycles. The smallest absolute Gasteiger partial charge is 0.111 e. The fourth-order valence-corrected chi connectivity index (χ4v) is 4.75. The van der Waals surface area contributed by atoms with Crippen molar-refractivity contribution in [3.05, 3.63) is 60.7 Å². The van der Waals surface area contributed by atoms with Crippen LogP contribution in [0.25, 0.3) is 0 Å². The largest absolute Gasteiger partial charge is 0.394 e. The van der Waals surface area contributed by atoms with Crippen LogP contribution in [-0.2, 0) is 0 Å². The van der Waals surface area contributed by atoms with Crippen molar-refractivity contribution in [2.75, 3.05) is 6.61 Å². The van der Waals surface area contributed by atoms with E-state index in [9.17, 15) is 20.4 Å². The molecule has 0 amide bonds. The van der Waals surface area contributed by atoms with Crippen LogP contribution in [0.1, 0.15) is 0 Å². The molecular formula is C18H22O5S2. The summed E-state index contributed by atoms with van der Waals surface area (Å²) < 4.78 is -0.527. The number of aliphatic hydroxyl groups excluding tert-OH is 5. The lowest BCUT2D eigenvalue weighted by Gasteiger charge is -2.30. The Morgan fingerprint density at radius 3 is 1.48 bits per heavy atom. The molecule has 0 unspecified atom stereocenters. The van der Waals surface area contributed by atoms with Gasteiger partial charge in [0, 0.05) is 9.79 Å². The molecule has 136 valence electrons. The van der Waals surface area contributed by atoms with E-state index in [2.05, 4.69) is 0 Å². The van der Waals surface area contributed by atoms with Crippen LogP contribution in [0.3, 0.4) is 0 Å². The number of hydrogen-bond acceptors (Lipinski definition) is 7. The minimum atomic E-state index is -1.64. The molecule has 0 saturated heterocycles. The van der Waals surface area contributed by atoms with Crippen LogP contribution in [0.4, 0.5) is 0 Å². The van der Waals surface area contributed by atoms with Gasteiger partial charge in [-0.05, 0) is 24.3 Å². The second-order valence-electron chi connectivity index (χ2n) is 5.45. The van der Waals surface area contributed by atoms with Crippen molar-refractivity contribution in [3.8, 4) is 0 Å². The van der Waals surface area contributed by atoms with Crippen LogP contribution in [0.5, 0.6) is 0 Å². The van der Waals surface area contributed by atoms with Gasteiger partial charge in [0.2, 0.25) is 0 Å². The van der Waals surface area contributed by atoms with Crippen LogP contribution in [0.2, 0.25) is 0 Å². The molecule has 0 radical (unpaired) electrons. The molecule has 7 heteroatoms. The average molecular weight is 383 g/mol. The number of rotatable bonds is 9. The van der Waals surface area contributed by atoms with Crippen LogP contribution in [0, 0.1) is 0 Å². The van der Waals surface area contributed by atoms with Gasteiger partial charge in [-0.2, -0.15) is 0 Å². The SMILES string of the molecule is OC[C@@H](O)[C@@H](O)[C@@H](O)[C@@H](O)C(Sc1ccccc1)Sc1ccccc1. The minimum absolute atomic E-state index is 0.527. The quantitative estimate of drug-likeness (QED) is 0.329. The molecule has 5 nitrogen and oxygen atoms in total. The van der Waals surface area contributed by atoms with Crippen LogP contribution >= 0.6 is 23.5 Å². The molecule has 4 atom stereocenters. The monoisotopic (exact) mass is 382 g/mol. The fraction of sp³-hybridized carbons (Fsp3) is 0.333. The lowest BCUT2D eigenvalue weighted by atomic mass is 10.0. The Kier molecular flexibility index (Phi) is 8.25. The number of thioether (sulfide) groups is 2. The van der Waals surface area contributed by atoms with Gasteiger partial charge in [0.15, 0.2) is 0 Å². The van der Waals surface area contributed by atoms with Gasteiger partial charge in [-0.1, -0.05) is 36.4 Å². The Balaban J connectivity index is 2.17. The maximum Gasteiger partial charge on any atom is 0.111 e. The number of aliphatic hydroxyl groups is 5. The highest BCUT2D eigenvalue weighted by Gasteiger charge is 2.35. The Morgan fingerprint density at radius 1 is 0.640 bits per heavy atom. The van der Waals surface area contributed by atoms with E-state index in [4.69, 9.17) is 5.11 Å². The van der Waals surface area contributed by atoms with Gasteiger partial charge >= 0.3 is 0 Å².